The van der Waals surface area contributed by atoms with E-state index < -0.39 is 17.8 Å². The Kier molecular flexibility index (Phi) is 4.58. The molecule has 0 radical (unpaired) electrons. The molecular formula is C19H28N2O3. The molecule has 5 heteroatoms. The normalized spacial score (nSPS) is 31.0. The van der Waals surface area contributed by atoms with E-state index in [9.17, 15) is 9.90 Å². The minimum atomic E-state index is -0.516. The average molecular weight is 332 g/mol. The van der Waals surface area contributed by atoms with Crippen LogP contribution in [0.3, 0.4) is 0 Å². The Hall–Kier alpha value is -1.59. The molecule has 1 saturated carbocycles. The fourth-order valence-corrected chi connectivity index (χ4v) is 4.11. The van der Waals surface area contributed by atoms with Gasteiger partial charge >= 0.3 is 6.09 Å². The average Bonchev–Trinajstić information content (AvgIpc) is 2.98. The van der Waals surface area contributed by atoms with Crippen LogP contribution in [0, 0.1) is 5.92 Å². The fourth-order valence-electron chi connectivity index (χ4n) is 4.11. The number of piperidine rings is 1. The Bertz CT molecular complexity index is 584. The lowest BCUT2D eigenvalue weighted by Gasteiger charge is -2.36. The van der Waals surface area contributed by atoms with Crippen molar-refractivity contribution in [3.05, 3.63) is 35.9 Å². The summed E-state index contributed by atoms with van der Waals surface area (Å²) >= 11 is 0. The van der Waals surface area contributed by atoms with E-state index in [1.165, 1.54) is 5.56 Å². The third kappa shape index (κ3) is 3.42. The summed E-state index contributed by atoms with van der Waals surface area (Å²) in [7, 11) is 0. The number of carbonyl (C=O) groups is 1. The smallest absolute Gasteiger partial charge is 0.407 e. The number of rotatable bonds is 3. The second-order valence-electron chi connectivity index (χ2n) is 8.01. The summed E-state index contributed by atoms with van der Waals surface area (Å²) in [5.41, 5.74) is 0.713. The molecule has 132 valence electrons. The van der Waals surface area contributed by atoms with E-state index in [2.05, 4.69) is 29.3 Å². The molecule has 2 unspecified atom stereocenters. The second-order valence-corrected chi connectivity index (χ2v) is 8.01. The van der Waals surface area contributed by atoms with E-state index in [0.29, 0.717) is 0 Å². The molecule has 1 aliphatic heterocycles. The number of ether oxygens (including phenoxy) is 1. The Labute approximate surface area is 144 Å². The highest BCUT2D eigenvalue weighted by molar-refractivity contribution is 5.68. The topological polar surface area (TPSA) is 61.8 Å². The molecule has 0 spiro atoms. The fraction of sp³-hybridized carbons (Fsp3) is 0.632. The molecular weight excluding hydrogens is 304 g/mol. The van der Waals surface area contributed by atoms with Crippen LogP contribution in [0.15, 0.2) is 30.3 Å². The van der Waals surface area contributed by atoms with E-state index in [4.69, 9.17) is 4.74 Å². The van der Waals surface area contributed by atoms with Crippen molar-refractivity contribution in [2.75, 3.05) is 6.54 Å². The Morgan fingerprint density at radius 1 is 1.33 bits per heavy atom. The molecule has 5 nitrogen and oxygen atoms in total. The summed E-state index contributed by atoms with van der Waals surface area (Å²) in [5, 5.41) is 13.5. The highest BCUT2D eigenvalue weighted by Gasteiger charge is 2.54. The first kappa shape index (κ1) is 17.2. The maximum Gasteiger partial charge on any atom is 0.407 e. The number of alkyl carbamates (subject to hydrolysis) is 1. The molecule has 24 heavy (non-hydrogen) atoms. The molecule has 1 amide bonds. The van der Waals surface area contributed by atoms with Gasteiger partial charge in [-0.25, -0.2) is 4.79 Å². The van der Waals surface area contributed by atoms with Crippen molar-refractivity contribution in [1.29, 1.82) is 0 Å². The van der Waals surface area contributed by atoms with E-state index in [1.54, 1.807) is 0 Å². The number of hydrogen-bond donors (Lipinski definition) is 2. The van der Waals surface area contributed by atoms with Gasteiger partial charge in [0.2, 0.25) is 0 Å². The highest BCUT2D eigenvalue weighted by Crippen LogP contribution is 2.42. The number of fused-ring (bicyclic) bond motifs is 2. The van der Waals surface area contributed by atoms with Gasteiger partial charge < -0.3 is 15.2 Å². The van der Waals surface area contributed by atoms with E-state index in [1.807, 2.05) is 39.0 Å². The number of carbonyl (C=O) groups excluding carboxylic acids is 1. The van der Waals surface area contributed by atoms with Gasteiger partial charge in [-0.2, -0.15) is 0 Å². The van der Waals surface area contributed by atoms with Crippen LogP contribution < -0.4 is 5.32 Å². The Balaban J connectivity index is 1.71. The predicted molar refractivity (Wildman–Crippen MR) is 92.6 cm³/mol. The maximum atomic E-state index is 12.2. The lowest BCUT2D eigenvalue weighted by Crippen LogP contribution is -2.49. The lowest BCUT2D eigenvalue weighted by molar-refractivity contribution is 0.0295. The monoisotopic (exact) mass is 332 g/mol. The summed E-state index contributed by atoms with van der Waals surface area (Å²) in [6.07, 6.45) is -0.0657. The van der Waals surface area contributed by atoms with Crippen molar-refractivity contribution < 1.29 is 14.6 Å². The molecule has 5 atom stereocenters. The van der Waals surface area contributed by atoms with Crippen LogP contribution in [0.25, 0.3) is 0 Å². The number of nitrogens with one attached hydrogen (secondary N) is 1. The predicted octanol–water partition coefficient (Wildman–Crippen LogP) is 2.71. The number of benzene rings is 1. The Morgan fingerprint density at radius 2 is 2.00 bits per heavy atom. The first-order valence-corrected chi connectivity index (χ1v) is 8.74. The SMILES string of the molecule is C[C@@H](c1ccccc1)N1CC2C[C@H](O)C1[C@@H]2NC(=O)OC(C)(C)C. The van der Waals surface area contributed by atoms with E-state index >= 15 is 0 Å². The minimum Gasteiger partial charge on any atom is -0.444 e. The highest BCUT2D eigenvalue weighted by atomic mass is 16.6. The van der Waals surface area contributed by atoms with Crippen molar-refractivity contribution >= 4 is 6.09 Å². The lowest BCUT2D eigenvalue weighted by atomic mass is 10.0. The molecule has 2 fully saturated rings. The number of amides is 1. The van der Waals surface area contributed by atoms with Crippen LogP contribution in [-0.4, -0.2) is 46.4 Å². The number of hydrogen-bond acceptors (Lipinski definition) is 4. The summed E-state index contributed by atoms with van der Waals surface area (Å²) in [5.74, 6) is 0.267. The number of likely N-dealkylation sites (tertiary alicyclic amines) is 1. The molecule has 3 rings (SSSR count). The molecule has 1 aromatic carbocycles. The zero-order valence-corrected chi connectivity index (χ0v) is 14.9. The van der Waals surface area contributed by atoms with Crippen LogP contribution >= 0.6 is 0 Å². The van der Waals surface area contributed by atoms with Crippen LogP contribution in [0.1, 0.15) is 45.7 Å². The van der Waals surface area contributed by atoms with Crippen LogP contribution in [0.2, 0.25) is 0 Å². The van der Waals surface area contributed by atoms with Gasteiger partial charge in [0.25, 0.3) is 0 Å². The first-order chi connectivity index (χ1) is 11.3. The quantitative estimate of drug-likeness (QED) is 0.893. The van der Waals surface area contributed by atoms with Gasteiger partial charge in [-0.1, -0.05) is 30.3 Å². The van der Waals surface area contributed by atoms with Crippen molar-refractivity contribution in [3.8, 4) is 0 Å². The first-order valence-electron chi connectivity index (χ1n) is 8.74. The van der Waals surface area contributed by atoms with E-state index in [0.717, 1.165) is 13.0 Å². The van der Waals surface area contributed by atoms with Gasteiger partial charge in [0.1, 0.15) is 5.60 Å². The Morgan fingerprint density at radius 3 is 2.62 bits per heavy atom. The summed E-state index contributed by atoms with van der Waals surface area (Å²) < 4.78 is 5.39. The van der Waals surface area contributed by atoms with Gasteiger partial charge in [0.15, 0.2) is 0 Å². The molecule has 1 aliphatic carbocycles. The maximum absolute atomic E-state index is 12.2. The summed E-state index contributed by atoms with van der Waals surface area (Å²) in [6.45, 7) is 8.61. The standard InChI is InChI=1S/C19H28N2O3/c1-12(13-8-6-5-7-9-13)21-11-14-10-15(22)17(21)16(14)20-18(23)24-19(2,3)4/h5-9,12,14-17,22H,10-11H2,1-4H3,(H,20,23)/t12-,14?,15-,16+,17?/m0/s1. The van der Waals surface area contributed by atoms with Gasteiger partial charge in [0, 0.05) is 12.6 Å². The second kappa shape index (κ2) is 6.37. The van der Waals surface area contributed by atoms with Gasteiger partial charge in [-0.05, 0) is 45.6 Å². The molecule has 2 aliphatic rings. The van der Waals surface area contributed by atoms with Crippen molar-refractivity contribution in [3.63, 3.8) is 0 Å². The molecule has 2 N–H and O–H groups in total. The van der Waals surface area contributed by atoms with Gasteiger partial charge in [-0.15, -0.1) is 0 Å². The van der Waals surface area contributed by atoms with Gasteiger partial charge in [-0.3, -0.25) is 4.90 Å². The van der Waals surface area contributed by atoms with Crippen LogP contribution in [0.4, 0.5) is 4.79 Å². The number of nitrogens with zero attached hydrogens (tertiary/aromatic N) is 1. The zero-order chi connectivity index (χ0) is 17.5. The zero-order valence-electron chi connectivity index (χ0n) is 14.9. The van der Waals surface area contributed by atoms with Crippen LogP contribution in [0.5, 0.6) is 0 Å². The number of aliphatic hydroxyl groups is 1. The third-order valence-corrected chi connectivity index (χ3v) is 5.11. The summed E-state index contributed by atoms with van der Waals surface area (Å²) in [4.78, 5) is 14.5. The van der Waals surface area contributed by atoms with Crippen molar-refractivity contribution in [1.82, 2.24) is 10.2 Å². The van der Waals surface area contributed by atoms with Crippen molar-refractivity contribution in [2.45, 2.75) is 63.9 Å². The minimum absolute atomic E-state index is 0.0546. The number of aliphatic hydroxyl groups excluding tert-OH is 1. The van der Waals surface area contributed by atoms with Crippen molar-refractivity contribution in [2.24, 2.45) is 5.92 Å². The molecule has 2 bridgehead atoms. The van der Waals surface area contributed by atoms with Crippen LogP contribution in [-0.2, 0) is 4.74 Å². The third-order valence-electron chi connectivity index (χ3n) is 5.11. The molecule has 0 aromatic heterocycles. The molecule has 1 heterocycles. The largest absolute Gasteiger partial charge is 0.444 e. The summed E-state index contributed by atoms with van der Waals surface area (Å²) in [6, 6.07) is 10.4. The van der Waals surface area contributed by atoms with Gasteiger partial charge in [0.05, 0.1) is 18.2 Å². The van der Waals surface area contributed by atoms with E-state index in [-0.39, 0.29) is 24.0 Å². The molecule has 1 saturated heterocycles. The molecule has 1 aromatic rings.